The number of likely N-dealkylation sites (N-methyl/N-ethyl adjacent to an activating group) is 1. The van der Waals surface area contributed by atoms with E-state index >= 15 is 0 Å². The van der Waals surface area contributed by atoms with Crippen LogP contribution in [-0.4, -0.2) is 29.4 Å². The highest BCUT2D eigenvalue weighted by Gasteiger charge is 2.45. The lowest BCUT2D eigenvalue weighted by atomic mass is 9.88. The molecule has 0 aromatic heterocycles. The molecule has 6 heteroatoms. The van der Waals surface area contributed by atoms with Crippen molar-refractivity contribution in [3.63, 3.8) is 0 Å². The number of fused-ring (bicyclic) bond motifs is 1. The van der Waals surface area contributed by atoms with E-state index in [1.54, 1.807) is 45.2 Å². The highest BCUT2D eigenvalue weighted by atomic mass is 19.2. The first-order valence-corrected chi connectivity index (χ1v) is 8.26. The van der Waals surface area contributed by atoms with Crippen molar-refractivity contribution in [1.82, 2.24) is 4.90 Å². The summed E-state index contributed by atoms with van der Waals surface area (Å²) in [4.78, 5) is 26.7. The lowest BCUT2D eigenvalue weighted by Crippen LogP contribution is -2.52. The molecule has 1 heterocycles. The number of esters is 1. The Morgan fingerprint density at radius 2 is 1.88 bits per heavy atom. The molecule has 2 aromatic carbocycles. The third-order valence-electron chi connectivity index (χ3n) is 4.86. The highest BCUT2D eigenvalue weighted by molar-refractivity contribution is 5.97. The molecule has 0 spiro atoms. The molecule has 0 bridgehead atoms. The molecular weight excluding hydrogens is 340 g/mol. The lowest BCUT2D eigenvalue weighted by molar-refractivity contribution is -0.151. The van der Waals surface area contributed by atoms with Crippen LogP contribution < -0.4 is 0 Å². The van der Waals surface area contributed by atoms with Crippen LogP contribution in [0.1, 0.15) is 41.4 Å². The Hall–Kier alpha value is -2.76. The van der Waals surface area contributed by atoms with E-state index in [1.807, 2.05) is 0 Å². The summed E-state index contributed by atoms with van der Waals surface area (Å²) in [6.07, 6.45) is 0.253. The largest absolute Gasteiger partial charge is 0.445 e. The van der Waals surface area contributed by atoms with Gasteiger partial charge in [-0.2, -0.15) is 0 Å². The first kappa shape index (κ1) is 18.0. The number of hydrogen-bond acceptors (Lipinski definition) is 3. The second-order valence-corrected chi connectivity index (χ2v) is 6.72. The van der Waals surface area contributed by atoms with Crippen LogP contribution in [0.4, 0.5) is 8.78 Å². The molecule has 2 aromatic rings. The van der Waals surface area contributed by atoms with Crippen LogP contribution in [-0.2, 0) is 16.0 Å². The molecular formula is C20H19F2NO3. The van der Waals surface area contributed by atoms with Gasteiger partial charge < -0.3 is 9.64 Å². The van der Waals surface area contributed by atoms with Gasteiger partial charge in [0.25, 0.3) is 5.91 Å². The van der Waals surface area contributed by atoms with Crippen molar-refractivity contribution in [3.05, 3.63) is 70.8 Å². The zero-order valence-electron chi connectivity index (χ0n) is 14.8. The molecule has 0 saturated carbocycles. The first-order chi connectivity index (χ1) is 12.2. The fraction of sp³-hybridized carbons (Fsp3) is 0.300. The summed E-state index contributed by atoms with van der Waals surface area (Å²) in [5, 5.41) is 0. The topological polar surface area (TPSA) is 46.6 Å². The molecule has 1 aliphatic rings. The molecule has 2 atom stereocenters. The minimum atomic E-state index is -1.35. The van der Waals surface area contributed by atoms with Crippen LogP contribution in [0, 0.1) is 11.6 Å². The lowest BCUT2D eigenvalue weighted by Gasteiger charge is -2.38. The van der Waals surface area contributed by atoms with Crippen molar-refractivity contribution < 1.29 is 23.1 Å². The van der Waals surface area contributed by atoms with Gasteiger partial charge in [-0.25, -0.2) is 13.6 Å². The Bertz CT molecular complexity index is 883. The maximum Gasteiger partial charge on any atom is 0.339 e. The van der Waals surface area contributed by atoms with E-state index in [0.29, 0.717) is 11.1 Å². The summed E-state index contributed by atoms with van der Waals surface area (Å²) in [6, 6.07) is 9.99. The van der Waals surface area contributed by atoms with Crippen molar-refractivity contribution >= 4 is 11.9 Å². The van der Waals surface area contributed by atoms with Gasteiger partial charge in [-0.05, 0) is 43.2 Å². The van der Waals surface area contributed by atoms with Crippen molar-refractivity contribution in [2.75, 3.05) is 7.05 Å². The molecule has 26 heavy (non-hydrogen) atoms. The molecule has 136 valence electrons. The highest BCUT2D eigenvalue weighted by Crippen LogP contribution is 2.32. The Morgan fingerprint density at radius 1 is 1.19 bits per heavy atom. The number of carbonyl (C=O) groups excluding carboxylic acids is 2. The molecule has 0 aliphatic carbocycles. The average molecular weight is 359 g/mol. The summed E-state index contributed by atoms with van der Waals surface area (Å²) in [5.41, 5.74) is 0.293. The van der Waals surface area contributed by atoms with Crippen LogP contribution in [0.3, 0.4) is 0 Å². The van der Waals surface area contributed by atoms with Crippen molar-refractivity contribution in [3.8, 4) is 0 Å². The molecule has 4 nitrogen and oxygen atoms in total. The van der Waals surface area contributed by atoms with Crippen LogP contribution in [0.5, 0.6) is 0 Å². The van der Waals surface area contributed by atoms with Gasteiger partial charge in [0.2, 0.25) is 0 Å². The quantitative estimate of drug-likeness (QED) is 0.786. The van der Waals surface area contributed by atoms with E-state index < -0.39 is 35.2 Å². The molecule has 1 amide bonds. The zero-order chi connectivity index (χ0) is 19.1. The molecule has 0 fully saturated rings. The van der Waals surface area contributed by atoms with Crippen molar-refractivity contribution in [1.29, 1.82) is 0 Å². The van der Waals surface area contributed by atoms with Crippen LogP contribution >= 0.6 is 0 Å². The fourth-order valence-electron chi connectivity index (χ4n) is 3.20. The summed E-state index contributed by atoms with van der Waals surface area (Å²) >= 11 is 0. The molecule has 0 saturated heterocycles. The number of halogens is 2. The number of benzene rings is 2. The normalized spacial score (nSPS) is 20.1. The van der Waals surface area contributed by atoms with Gasteiger partial charge in [-0.1, -0.05) is 24.3 Å². The minimum absolute atomic E-state index is 0.253. The third-order valence-corrected chi connectivity index (χ3v) is 4.86. The van der Waals surface area contributed by atoms with Gasteiger partial charge in [0.05, 0.1) is 11.6 Å². The fourth-order valence-corrected chi connectivity index (χ4v) is 3.20. The predicted octanol–water partition coefficient (Wildman–Crippen LogP) is 3.66. The standard InChI is InChI=1S/C20H19F2NO3/c1-12(13-8-9-16(21)17(22)10-13)23(3)19(25)20(2)11-14-6-4-5-7-15(14)18(24)26-20/h4-10,12H,11H2,1-3H3. The van der Waals surface area contributed by atoms with E-state index in [0.717, 1.165) is 17.7 Å². The van der Waals surface area contributed by atoms with E-state index in [-0.39, 0.29) is 6.42 Å². The van der Waals surface area contributed by atoms with E-state index in [4.69, 9.17) is 4.74 Å². The molecule has 0 radical (unpaired) electrons. The van der Waals surface area contributed by atoms with E-state index in [2.05, 4.69) is 0 Å². The summed E-state index contributed by atoms with van der Waals surface area (Å²) in [5.74, 6) is -2.87. The van der Waals surface area contributed by atoms with Crippen LogP contribution in [0.25, 0.3) is 0 Å². The average Bonchev–Trinajstić information content (AvgIpc) is 2.62. The molecule has 3 rings (SSSR count). The number of carbonyl (C=O) groups is 2. The summed E-state index contributed by atoms with van der Waals surface area (Å²) in [7, 11) is 1.55. The van der Waals surface area contributed by atoms with Crippen molar-refractivity contribution in [2.24, 2.45) is 0 Å². The first-order valence-electron chi connectivity index (χ1n) is 8.26. The minimum Gasteiger partial charge on any atom is -0.445 e. The summed E-state index contributed by atoms with van der Waals surface area (Å²) in [6.45, 7) is 3.27. The second kappa shape index (κ2) is 6.52. The number of rotatable bonds is 3. The van der Waals surface area contributed by atoms with E-state index in [1.165, 1.54) is 11.0 Å². The Kier molecular flexibility index (Phi) is 4.52. The zero-order valence-corrected chi connectivity index (χ0v) is 14.8. The smallest absolute Gasteiger partial charge is 0.339 e. The maximum absolute atomic E-state index is 13.5. The number of cyclic esters (lactones) is 1. The third kappa shape index (κ3) is 3.07. The van der Waals surface area contributed by atoms with E-state index in [9.17, 15) is 18.4 Å². The molecule has 0 N–H and O–H groups in total. The van der Waals surface area contributed by atoms with Crippen molar-refractivity contribution in [2.45, 2.75) is 31.9 Å². The Balaban J connectivity index is 1.86. The van der Waals surface area contributed by atoms with Gasteiger partial charge in [0.15, 0.2) is 17.2 Å². The number of nitrogens with zero attached hydrogens (tertiary/aromatic N) is 1. The van der Waals surface area contributed by atoms with Gasteiger partial charge in [-0.15, -0.1) is 0 Å². The predicted molar refractivity (Wildman–Crippen MR) is 91.5 cm³/mol. The number of hydrogen-bond donors (Lipinski definition) is 0. The number of ether oxygens (including phenoxy) is 1. The molecule has 1 aliphatic heterocycles. The second-order valence-electron chi connectivity index (χ2n) is 6.72. The van der Waals surface area contributed by atoms with Crippen LogP contribution in [0.15, 0.2) is 42.5 Å². The molecule has 2 unspecified atom stereocenters. The monoisotopic (exact) mass is 359 g/mol. The van der Waals surface area contributed by atoms with Gasteiger partial charge in [-0.3, -0.25) is 4.79 Å². The van der Waals surface area contributed by atoms with Crippen LogP contribution in [0.2, 0.25) is 0 Å². The van der Waals surface area contributed by atoms with Gasteiger partial charge >= 0.3 is 5.97 Å². The Labute approximate surface area is 150 Å². The number of amides is 1. The van der Waals surface area contributed by atoms with Gasteiger partial charge in [0, 0.05) is 13.5 Å². The Morgan fingerprint density at radius 3 is 2.58 bits per heavy atom. The SMILES string of the molecule is CC(c1ccc(F)c(F)c1)N(C)C(=O)C1(C)Cc2ccccc2C(=O)O1. The van der Waals surface area contributed by atoms with Gasteiger partial charge in [0.1, 0.15) is 0 Å². The summed E-state index contributed by atoms with van der Waals surface area (Å²) < 4.78 is 32.1. The maximum atomic E-state index is 13.5.